The van der Waals surface area contributed by atoms with Crippen molar-refractivity contribution in [2.45, 2.75) is 31.8 Å². The second-order valence-electron chi connectivity index (χ2n) is 7.21. The van der Waals surface area contributed by atoms with Crippen molar-refractivity contribution in [2.75, 3.05) is 20.2 Å². The van der Waals surface area contributed by atoms with E-state index in [1.165, 1.54) is 11.1 Å². The Bertz CT molecular complexity index is 836. The van der Waals surface area contributed by atoms with Crippen molar-refractivity contribution in [1.29, 1.82) is 0 Å². The topological polar surface area (TPSA) is 43.2 Å². The first kappa shape index (κ1) is 17.7. The molecule has 5 heteroatoms. The van der Waals surface area contributed by atoms with Gasteiger partial charge in [-0.25, -0.2) is 4.68 Å². The Kier molecular flexibility index (Phi) is 5.49. The number of nitrogens with zero attached hydrogens (tertiary/aromatic N) is 4. The summed E-state index contributed by atoms with van der Waals surface area (Å²) in [7, 11) is 1.70. The van der Waals surface area contributed by atoms with Gasteiger partial charge in [0, 0.05) is 32.3 Å². The number of likely N-dealkylation sites (tertiary alicyclic amines) is 1. The molecule has 1 aliphatic rings. The highest BCUT2D eigenvalue weighted by Gasteiger charge is 2.21. The monoisotopic (exact) mass is 362 g/mol. The minimum absolute atomic E-state index is 0.453. The van der Waals surface area contributed by atoms with Crippen molar-refractivity contribution in [3.8, 4) is 5.75 Å². The van der Waals surface area contributed by atoms with Crippen molar-refractivity contribution in [3.63, 3.8) is 0 Å². The molecule has 3 aromatic rings. The smallest absolute Gasteiger partial charge is 0.118 e. The van der Waals surface area contributed by atoms with Crippen molar-refractivity contribution in [3.05, 3.63) is 77.6 Å². The molecule has 1 aromatic heterocycles. The van der Waals surface area contributed by atoms with E-state index in [0.29, 0.717) is 6.04 Å². The summed E-state index contributed by atoms with van der Waals surface area (Å²) in [6.45, 7) is 3.17. The molecule has 0 amide bonds. The molecule has 0 aliphatic carbocycles. The Morgan fingerprint density at radius 3 is 2.41 bits per heavy atom. The van der Waals surface area contributed by atoms with Gasteiger partial charge in [0.2, 0.25) is 0 Å². The molecule has 2 aromatic carbocycles. The van der Waals surface area contributed by atoms with E-state index in [4.69, 9.17) is 4.74 Å². The summed E-state index contributed by atoms with van der Waals surface area (Å²) in [4.78, 5) is 2.51. The van der Waals surface area contributed by atoms with Crippen LogP contribution >= 0.6 is 0 Å². The maximum Gasteiger partial charge on any atom is 0.118 e. The van der Waals surface area contributed by atoms with Gasteiger partial charge in [-0.1, -0.05) is 47.7 Å². The van der Waals surface area contributed by atoms with E-state index in [9.17, 15) is 0 Å². The fraction of sp³-hybridized carbons (Fsp3) is 0.364. The summed E-state index contributed by atoms with van der Waals surface area (Å²) in [5.41, 5.74) is 3.65. The molecule has 0 spiro atoms. The number of piperidine rings is 1. The molecule has 0 radical (unpaired) electrons. The maximum absolute atomic E-state index is 5.23. The van der Waals surface area contributed by atoms with Crippen LogP contribution < -0.4 is 4.74 Å². The minimum atomic E-state index is 0.453. The van der Waals surface area contributed by atoms with Crippen LogP contribution in [0.2, 0.25) is 0 Å². The number of hydrogen-bond donors (Lipinski definition) is 0. The van der Waals surface area contributed by atoms with Crippen LogP contribution in [0.5, 0.6) is 5.75 Å². The average Bonchev–Trinajstić information content (AvgIpc) is 3.18. The highest BCUT2D eigenvalue weighted by atomic mass is 16.5. The van der Waals surface area contributed by atoms with Gasteiger partial charge >= 0.3 is 0 Å². The van der Waals surface area contributed by atoms with E-state index in [2.05, 4.69) is 62.5 Å². The van der Waals surface area contributed by atoms with Crippen LogP contribution in [0.4, 0.5) is 0 Å². The Morgan fingerprint density at radius 2 is 1.70 bits per heavy atom. The molecule has 0 saturated carbocycles. The standard InChI is InChI=1S/C22H26N4O/c1-27-22-9-7-19(8-10-22)16-25-13-11-21(12-14-25)26-17-20(23-24-26)15-18-5-3-2-4-6-18/h2-10,17,21H,11-16H2,1H3. The van der Waals surface area contributed by atoms with Crippen molar-refractivity contribution < 1.29 is 4.74 Å². The van der Waals surface area contributed by atoms with Gasteiger partial charge in [-0.05, 0) is 36.1 Å². The predicted molar refractivity (Wildman–Crippen MR) is 106 cm³/mol. The van der Waals surface area contributed by atoms with E-state index >= 15 is 0 Å². The lowest BCUT2D eigenvalue weighted by Crippen LogP contribution is -2.34. The second kappa shape index (κ2) is 8.35. The first-order valence-electron chi connectivity index (χ1n) is 9.60. The maximum atomic E-state index is 5.23. The normalized spacial score (nSPS) is 15.7. The largest absolute Gasteiger partial charge is 0.497 e. The summed E-state index contributed by atoms with van der Waals surface area (Å²) >= 11 is 0. The molecule has 0 N–H and O–H groups in total. The average molecular weight is 362 g/mol. The Balaban J connectivity index is 1.30. The highest BCUT2D eigenvalue weighted by molar-refractivity contribution is 5.27. The van der Waals surface area contributed by atoms with Crippen LogP contribution in [-0.4, -0.2) is 40.1 Å². The van der Waals surface area contributed by atoms with Crippen LogP contribution in [0.15, 0.2) is 60.8 Å². The number of methoxy groups -OCH3 is 1. The highest BCUT2D eigenvalue weighted by Crippen LogP contribution is 2.23. The minimum Gasteiger partial charge on any atom is -0.497 e. The van der Waals surface area contributed by atoms with Crippen LogP contribution in [0.3, 0.4) is 0 Å². The SMILES string of the molecule is COc1ccc(CN2CCC(n3cc(Cc4ccccc4)nn3)CC2)cc1. The summed E-state index contributed by atoms with van der Waals surface area (Å²) in [5.74, 6) is 0.912. The molecule has 27 heavy (non-hydrogen) atoms. The first-order valence-corrected chi connectivity index (χ1v) is 9.60. The molecule has 0 atom stereocenters. The number of benzene rings is 2. The summed E-state index contributed by atoms with van der Waals surface area (Å²) in [6.07, 6.45) is 5.20. The summed E-state index contributed by atoms with van der Waals surface area (Å²) < 4.78 is 7.30. The molecular weight excluding hydrogens is 336 g/mol. The predicted octanol–water partition coefficient (Wildman–Crippen LogP) is 3.71. The Labute approximate surface area is 160 Å². The zero-order valence-electron chi connectivity index (χ0n) is 15.8. The van der Waals surface area contributed by atoms with E-state index in [0.717, 1.165) is 50.3 Å². The van der Waals surface area contributed by atoms with Crippen molar-refractivity contribution in [1.82, 2.24) is 19.9 Å². The third kappa shape index (κ3) is 4.55. The lowest BCUT2D eigenvalue weighted by Gasteiger charge is -2.31. The molecule has 140 valence electrons. The quantitative estimate of drug-likeness (QED) is 0.670. The number of ether oxygens (including phenoxy) is 1. The number of hydrogen-bond acceptors (Lipinski definition) is 4. The van der Waals surface area contributed by atoms with Gasteiger partial charge < -0.3 is 4.74 Å². The van der Waals surface area contributed by atoms with Crippen LogP contribution in [0, 0.1) is 0 Å². The van der Waals surface area contributed by atoms with Gasteiger partial charge in [-0.3, -0.25) is 4.90 Å². The molecule has 1 aliphatic heterocycles. The van der Waals surface area contributed by atoms with Gasteiger partial charge in [0.1, 0.15) is 5.75 Å². The van der Waals surface area contributed by atoms with Gasteiger partial charge in [-0.2, -0.15) is 0 Å². The second-order valence-corrected chi connectivity index (χ2v) is 7.21. The molecule has 1 fully saturated rings. The van der Waals surface area contributed by atoms with Gasteiger partial charge in [-0.15, -0.1) is 5.10 Å². The van der Waals surface area contributed by atoms with Crippen molar-refractivity contribution >= 4 is 0 Å². The fourth-order valence-corrected chi connectivity index (χ4v) is 3.71. The van der Waals surface area contributed by atoms with E-state index in [-0.39, 0.29) is 0 Å². The number of rotatable bonds is 6. The first-order chi connectivity index (χ1) is 13.3. The Hall–Kier alpha value is -2.66. The molecular formula is C22H26N4O. The van der Waals surface area contributed by atoms with E-state index in [1.54, 1.807) is 7.11 Å². The third-order valence-corrected chi connectivity index (χ3v) is 5.28. The number of aromatic nitrogens is 3. The van der Waals surface area contributed by atoms with Gasteiger partial charge in [0.05, 0.1) is 18.8 Å². The molecule has 0 bridgehead atoms. The molecule has 5 nitrogen and oxygen atoms in total. The zero-order valence-corrected chi connectivity index (χ0v) is 15.8. The molecule has 4 rings (SSSR count). The van der Waals surface area contributed by atoms with Crippen molar-refractivity contribution in [2.24, 2.45) is 0 Å². The molecule has 2 heterocycles. The summed E-state index contributed by atoms with van der Waals surface area (Å²) in [6, 6.07) is 19.3. The van der Waals surface area contributed by atoms with Crippen LogP contribution in [0.25, 0.3) is 0 Å². The lowest BCUT2D eigenvalue weighted by molar-refractivity contribution is 0.172. The fourth-order valence-electron chi connectivity index (χ4n) is 3.71. The lowest BCUT2D eigenvalue weighted by atomic mass is 10.0. The van der Waals surface area contributed by atoms with Gasteiger partial charge in [0.15, 0.2) is 0 Å². The van der Waals surface area contributed by atoms with Gasteiger partial charge in [0.25, 0.3) is 0 Å². The third-order valence-electron chi connectivity index (χ3n) is 5.28. The zero-order chi connectivity index (χ0) is 18.5. The summed E-state index contributed by atoms with van der Waals surface area (Å²) in [5, 5.41) is 8.78. The molecule has 1 saturated heterocycles. The Morgan fingerprint density at radius 1 is 0.963 bits per heavy atom. The van der Waals surface area contributed by atoms with E-state index < -0.39 is 0 Å². The van der Waals surface area contributed by atoms with Crippen LogP contribution in [-0.2, 0) is 13.0 Å². The van der Waals surface area contributed by atoms with Crippen LogP contribution in [0.1, 0.15) is 35.7 Å². The van der Waals surface area contributed by atoms with E-state index in [1.807, 2.05) is 18.2 Å². The molecule has 0 unspecified atom stereocenters.